The Morgan fingerprint density at radius 2 is 1.79 bits per heavy atom. The monoisotopic (exact) mass is 284 g/mol. The summed E-state index contributed by atoms with van der Waals surface area (Å²) in [4.78, 5) is 11.7. The molecule has 1 N–H and O–H groups in total. The molecule has 0 saturated carbocycles. The number of benzene rings is 1. The SMILES string of the molecule is CCS(=O)(=O)N(C)c1ccc(C(=O)NC(C)C)cc1. The van der Waals surface area contributed by atoms with Gasteiger partial charge in [0.25, 0.3) is 5.91 Å². The fourth-order valence-electron chi connectivity index (χ4n) is 1.52. The van der Waals surface area contributed by atoms with Gasteiger partial charge in [-0.25, -0.2) is 8.42 Å². The van der Waals surface area contributed by atoms with Crippen molar-refractivity contribution in [2.24, 2.45) is 0 Å². The molecule has 0 aromatic heterocycles. The van der Waals surface area contributed by atoms with E-state index in [0.29, 0.717) is 11.3 Å². The summed E-state index contributed by atoms with van der Waals surface area (Å²) in [6.07, 6.45) is 0. The number of sulfonamides is 1. The van der Waals surface area contributed by atoms with Crippen LogP contribution in [0, 0.1) is 0 Å². The highest BCUT2D eigenvalue weighted by molar-refractivity contribution is 7.92. The van der Waals surface area contributed by atoms with E-state index >= 15 is 0 Å². The molecule has 19 heavy (non-hydrogen) atoms. The number of nitrogens with zero attached hydrogens (tertiary/aromatic N) is 1. The minimum Gasteiger partial charge on any atom is -0.350 e. The first-order valence-corrected chi connectivity index (χ1v) is 7.76. The van der Waals surface area contributed by atoms with E-state index in [1.54, 1.807) is 31.2 Å². The molecule has 0 bridgehead atoms. The topological polar surface area (TPSA) is 66.5 Å². The number of anilines is 1. The van der Waals surface area contributed by atoms with Crippen LogP contribution in [0.4, 0.5) is 5.69 Å². The summed E-state index contributed by atoms with van der Waals surface area (Å²) in [5.41, 5.74) is 1.06. The fourth-order valence-corrected chi connectivity index (χ4v) is 2.35. The molecule has 1 amide bonds. The van der Waals surface area contributed by atoms with Gasteiger partial charge in [0.05, 0.1) is 11.4 Å². The molecule has 0 heterocycles. The highest BCUT2D eigenvalue weighted by atomic mass is 32.2. The van der Waals surface area contributed by atoms with Crippen LogP contribution in [0.5, 0.6) is 0 Å². The largest absolute Gasteiger partial charge is 0.350 e. The van der Waals surface area contributed by atoms with Crippen LogP contribution in [0.15, 0.2) is 24.3 Å². The molecule has 0 aliphatic carbocycles. The van der Waals surface area contributed by atoms with Crippen LogP contribution in [-0.2, 0) is 10.0 Å². The maximum Gasteiger partial charge on any atom is 0.251 e. The molecule has 1 rings (SSSR count). The van der Waals surface area contributed by atoms with Crippen LogP contribution in [0.25, 0.3) is 0 Å². The quantitative estimate of drug-likeness (QED) is 0.893. The Morgan fingerprint density at radius 3 is 2.21 bits per heavy atom. The lowest BCUT2D eigenvalue weighted by molar-refractivity contribution is 0.0943. The van der Waals surface area contributed by atoms with Gasteiger partial charge in [-0.15, -0.1) is 0 Å². The van der Waals surface area contributed by atoms with Crippen molar-refractivity contribution in [1.29, 1.82) is 0 Å². The Balaban J connectivity index is 2.91. The molecule has 0 unspecified atom stereocenters. The van der Waals surface area contributed by atoms with E-state index < -0.39 is 10.0 Å². The highest BCUT2D eigenvalue weighted by Crippen LogP contribution is 2.17. The molecule has 0 atom stereocenters. The number of rotatable bonds is 5. The van der Waals surface area contributed by atoms with Crippen LogP contribution in [0.2, 0.25) is 0 Å². The van der Waals surface area contributed by atoms with E-state index in [1.165, 1.54) is 11.4 Å². The average molecular weight is 284 g/mol. The highest BCUT2D eigenvalue weighted by Gasteiger charge is 2.16. The van der Waals surface area contributed by atoms with Crippen LogP contribution in [0.1, 0.15) is 31.1 Å². The van der Waals surface area contributed by atoms with Gasteiger partial charge in [-0.2, -0.15) is 0 Å². The van der Waals surface area contributed by atoms with Crippen molar-refractivity contribution in [2.45, 2.75) is 26.8 Å². The Kier molecular flexibility index (Phi) is 4.94. The molecule has 0 aliphatic rings. The first-order valence-electron chi connectivity index (χ1n) is 6.15. The second-order valence-corrected chi connectivity index (χ2v) is 6.83. The third-order valence-electron chi connectivity index (χ3n) is 2.69. The van der Waals surface area contributed by atoms with Gasteiger partial charge in [-0.1, -0.05) is 0 Å². The number of hydrogen-bond acceptors (Lipinski definition) is 3. The molecule has 1 aromatic rings. The van der Waals surface area contributed by atoms with Crippen molar-refractivity contribution in [1.82, 2.24) is 5.32 Å². The van der Waals surface area contributed by atoms with Gasteiger partial charge in [0.2, 0.25) is 10.0 Å². The number of carbonyl (C=O) groups is 1. The summed E-state index contributed by atoms with van der Waals surface area (Å²) in [6.45, 7) is 5.36. The summed E-state index contributed by atoms with van der Waals surface area (Å²) >= 11 is 0. The Bertz CT molecular complexity index is 536. The van der Waals surface area contributed by atoms with Crippen LogP contribution in [0.3, 0.4) is 0 Å². The lowest BCUT2D eigenvalue weighted by atomic mass is 10.2. The van der Waals surface area contributed by atoms with Crippen molar-refractivity contribution in [2.75, 3.05) is 17.1 Å². The number of hydrogen-bond donors (Lipinski definition) is 1. The van der Waals surface area contributed by atoms with Crippen molar-refractivity contribution in [3.63, 3.8) is 0 Å². The van der Waals surface area contributed by atoms with Crippen molar-refractivity contribution in [3.05, 3.63) is 29.8 Å². The summed E-state index contributed by atoms with van der Waals surface area (Å²) in [5.74, 6) is -0.124. The zero-order valence-electron chi connectivity index (χ0n) is 11.7. The molecule has 0 spiro atoms. The summed E-state index contributed by atoms with van der Waals surface area (Å²) < 4.78 is 24.6. The second kappa shape index (κ2) is 6.06. The fraction of sp³-hybridized carbons (Fsp3) is 0.462. The Morgan fingerprint density at radius 1 is 1.26 bits per heavy atom. The average Bonchev–Trinajstić information content (AvgIpc) is 2.37. The molecule has 5 nitrogen and oxygen atoms in total. The van der Waals surface area contributed by atoms with Crippen molar-refractivity contribution < 1.29 is 13.2 Å². The molecule has 0 fully saturated rings. The number of amides is 1. The van der Waals surface area contributed by atoms with Crippen LogP contribution < -0.4 is 9.62 Å². The van der Waals surface area contributed by atoms with Gasteiger partial charge in [0.1, 0.15) is 0 Å². The minimum absolute atomic E-state index is 0.0408. The van der Waals surface area contributed by atoms with E-state index in [4.69, 9.17) is 0 Å². The van der Waals surface area contributed by atoms with E-state index in [1.807, 2.05) is 13.8 Å². The van der Waals surface area contributed by atoms with E-state index in [2.05, 4.69) is 5.32 Å². The van der Waals surface area contributed by atoms with Gasteiger partial charge >= 0.3 is 0 Å². The normalized spacial score (nSPS) is 11.4. The Labute approximate surface area is 114 Å². The maximum atomic E-state index is 11.7. The molecule has 0 aliphatic heterocycles. The van der Waals surface area contributed by atoms with Gasteiger partial charge in [0, 0.05) is 18.7 Å². The van der Waals surface area contributed by atoms with Gasteiger partial charge in [0.15, 0.2) is 0 Å². The Hall–Kier alpha value is -1.56. The summed E-state index contributed by atoms with van der Waals surface area (Å²) in [5, 5.41) is 2.78. The van der Waals surface area contributed by atoms with Crippen molar-refractivity contribution >= 4 is 21.6 Å². The van der Waals surface area contributed by atoms with Gasteiger partial charge < -0.3 is 5.32 Å². The predicted octanol–water partition coefficient (Wildman–Crippen LogP) is 1.61. The van der Waals surface area contributed by atoms with Crippen LogP contribution in [-0.4, -0.2) is 33.2 Å². The van der Waals surface area contributed by atoms with Gasteiger partial charge in [-0.3, -0.25) is 9.10 Å². The van der Waals surface area contributed by atoms with Crippen molar-refractivity contribution in [3.8, 4) is 0 Å². The van der Waals surface area contributed by atoms with Gasteiger partial charge in [-0.05, 0) is 45.0 Å². The third kappa shape index (κ3) is 3.96. The second-order valence-electron chi connectivity index (χ2n) is 4.54. The molecule has 6 heteroatoms. The van der Waals surface area contributed by atoms with Crippen LogP contribution >= 0.6 is 0 Å². The predicted molar refractivity (Wildman–Crippen MR) is 76.9 cm³/mol. The van der Waals surface area contributed by atoms with E-state index in [-0.39, 0.29) is 17.7 Å². The molecule has 0 radical (unpaired) electrons. The molecule has 106 valence electrons. The zero-order chi connectivity index (χ0) is 14.6. The third-order valence-corrected chi connectivity index (χ3v) is 4.47. The number of carbonyl (C=O) groups excluding carboxylic acids is 1. The molecular formula is C13H20N2O3S. The summed E-state index contributed by atoms with van der Waals surface area (Å²) in [6, 6.07) is 6.56. The van der Waals surface area contributed by atoms with E-state index in [9.17, 15) is 13.2 Å². The van der Waals surface area contributed by atoms with E-state index in [0.717, 1.165) is 0 Å². The lowest BCUT2D eigenvalue weighted by Gasteiger charge is -2.18. The smallest absolute Gasteiger partial charge is 0.251 e. The standard InChI is InChI=1S/C13H20N2O3S/c1-5-19(17,18)15(4)12-8-6-11(7-9-12)13(16)14-10(2)3/h6-10H,5H2,1-4H3,(H,14,16). The first kappa shape index (κ1) is 15.5. The lowest BCUT2D eigenvalue weighted by Crippen LogP contribution is -2.30. The molecular weight excluding hydrogens is 264 g/mol. The zero-order valence-corrected chi connectivity index (χ0v) is 12.5. The number of nitrogens with one attached hydrogen (secondary N) is 1. The first-order chi connectivity index (χ1) is 8.77. The summed E-state index contributed by atoms with van der Waals surface area (Å²) in [7, 11) is -1.77. The molecule has 0 saturated heterocycles. The minimum atomic E-state index is -3.27. The maximum absolute atomic E-state index is 11.7. The molecule has 1 aromatic carbocycles.